The van der Waals surface area contributed by atoms with Crippen molar-refractivity contribution in [1.82, 2.24) is 0 Å². The lowest BCUT2D eigenvalue weighted by Gasteiger charge is -2.33. The SMILES string of the molecule is CC(C)C(O)C(O)C(O)C(O)C(O)C(O)C(O)CO. The summed E-state index contributed by atoms with van der Waals surface area (Å²) in [5.41, 5.74) is 0. The molecule has 0 aliphatic heterocycles. The zero-order valence-corrected chi connectivity index (χ0v) is 10.9. The Kier molecular flexibility index (Phi) is 7.94. The molecular weight excluding hydrogens is 260 g/mol. The summed E-state index contributed by atoms with van der Waals surface area (Å²) in [7, 11) is 0. The number of rotatable bonds is 8. The van der Waals surface area contributed by atoms with Crippen molar-refractivity contribution >= 4 is 0 Å². The molecule has 0 aromatic carbocycles. The van der Waals surface area contributed by atoms with Crippen molar-refractivity contribution in [3.8, 4) is 0 Å². The summed E-state index contributed by atoms with van der Waals surface area (Å²) >= 11 is 0. The van der Waals surface area contributed by atoms with E-state index in [1.807, 2.05) is 0 Å². The minimum Gasteiger partial charge on any atom is -0.394 e. The Balaban J connectivity index is 4.67. The summed E-state index contributed by atoms with van der Waals surface area (Å²) in [6, 6.07) is 0. The Morgan fingerprint density at radius 2 is 0.895 bits per heavy atom. The standard InChI is InChI=1S/C11H24O8/c1-4(2)6(14)8(16)10(18)11(19)9(17)7(15)5(13)3-12/h4-19H,3H2,1-2H3. The van der Waals surface area contributed by atoms with Crippen LogP contribution in [0.25, 0.3) is 0 Å². The van der Waals surface area contributed by atoms with Gasteiger partial charge >= 0.3 is 0 Å². The lowest BCUT2D eigenvalue weighted by atomic mass is 9.91. The Morgan fingerprint density at radius 1 is 0.579 bits per heavy atom. The van der Waals surface area contributed by atoms with Crippen molar-refractivity contribution in [3.63, 3.8) is 0 Å². The summed E-state index contributed by atoms with van der Waals surface area (Å²) in [6.45, 7) is 2.31. The molecule has 0 saturated carbocycles. The van der Waals surface area contributed by atoms with Gasteiger partial charge in [-0.25, -0.2) is 0 Å². The largest absolute Gasteiger partial charge is 0.394 e. The fraction of sp³-hybridized carbons (Fsp3) is 1.00. The van der Waals surface area contributed by atoms with E-state index in [4.69, 9.17) is 10.2 Å². The van der Waals surface area contributed by atoms with E-state index in [0.29, 0.717) is 0 Å². The number of aliphatic hydroxyl groups excluding tert-OH is 8. The molecule has 0 spiro atoms. The molecule has 8 nitrogen and oxygen atoms in total. The summed E-state index contributed by atoms with van der Waals surface area (Å²) in [6.07, 6.45) is -12.6. The van der Waals surface area contributed by atoms with Gasteiger partial charge in [0.25, 0.3) is 0 Å². The summed E-state index contributed by atoms with van der Waals surface area (Å²) in [4.78, 5) is 0. The zero-order chi connectivity index (χ0) is 15.3. The van der Waals surface area contributed by atoms with Gasteiger partial charge in [0, 0.05) is 0 Å². The zero-order valence-electron chi connectivity index (χ0n) is 10.9. The highest BCUT2D eigenvalue weighted by Gasteiger charge is 2.39. The molecule has 19 heavy (non-hydrogen) atoms. The van der Waals surface area contributed by atoms with Crippen LogP contribution in [0.3, 0.4) is 0 Å². The van der Waals surface area contributed by atoms with Crippen molar-refractivity contribution in [1.29, 1.82) is 0 Å². The molecule has 0 bridgehead atoms. The molecule has 7 unspecified atom stereocenters. The van der Waals surface area contributed by atoms with Gasteiger partial charge in [0.15, 0.2) is 0 Å². The lowest BCUT2D eigenvalue weighted by Crippen LogP contribution is -2.55. The molecule has 0 aromatic heterocycles. The molecule has 0 aromatic rings. The Labute approximate surface area is 111 Å². The van der Waals surface area contributed by atoms with Crippen LogP contribution in [-0.4, -0.2) is 90.2 Å². The first-order chi connectivity index (χ1) is 8.64. The maximum Gasteiger partial charge on any atom is 0.111 e. The third kappa shape index (κ3) is 4.93. The van der Waals surface area contributed by atoms with Gasteiger partial charge in [0.05, 0.1) is 12.7 Å². The average Bonchev–Trinajstić information content (AvgIpc) is 2.40. The maximum absolute atomic E-state index is 9.60. The first kappa shape index (κ1) is 18.7. The van der Waals surface area contributed by atoms with Gasteiger partial charge < -0.3 is 40.9 Å². The smallest absolute Gasteiger partial charge is 0.111 e. The highest BCUT2D eigenvalue weighted by atomic mass is 16.4. The van der Waals surface area contributed by atoms with Crippen LogP contribution in [0.4, 0.5) is 0 Å². The van der Waals surface area contributed by atoms with Crippen molar-refractivity contribution < 1.29 is 40.9 Å². The van der Waals surface area contributed by atoms with Crippen LogP contribution in [0.2, 0.25) is 0 Å². The lowest BCUT2D eigenvalue weighted by molar-refractivity contribution is -0.173. The number of hydrogen-bond acceptors (Lipinski definition) is 8. The third-order valence-corrected chi connectivity index (χ3v) is 3.01. The normalized spacial score (nSPS) is 23.5. The van der Waals surface area contributed by atoms with Crippen LogP contribution in [0.5, 0.6) is 0 Å². The van der Waals surface area contributed by atoms with E-state index in [0.717, 1.165) is 0 Å². The molecule has 0 amide bonds. The minimum absolute atomic E-state index is 0.401. The van der Waals surface area contributed by atoms with Crippen molar-refractivity contribution in [3.05, 3.63) is 0 Å². The van der Waals surface area contributed by atoms with Crippen LogP contribution in [-0.2, 0) is 0 Å². The maximum atomic E-state index is 9.60. The summed E-state index contributed by atoms with van der Waals surface area (Å²) < 4.78 is 0. The van der Waals surface area contributed by atoms with Crippen LogP contribution >= 0.6 is 0 Å². The van der Waals surface area contributed by atoms with Gasteiger partial charge in [0.2, 0.25) is 0 Å². The van der Waals surface area contributed by atoms with E-state index < -0.39 is 55.3 Å². The van der Waals surface area contributed by atoms with Gasteiger partial charge in [-0.15, -0.1) is 0 Å². The second-order valence-corrected chi connectivity index (χ2v) is 4.94. The third-order valence-electron chi connectivity index (χ3n) is 3.01. The number of hydrogen-bond donors (Lipinski definition) is 8. The van der Waals surface area contributed by atoms with Crippen LogP contribution < -0.4 is 0 Å². The van der Waals surface area contributed by atoms with Gasteiger partial charge in [-0.1, -0.05) is 13.8 Å². The highest BCUT2D eigenvalue weighted by molar-refractivity contribution is 4.90. The second kappa shape index (κ2) is 8.08. The minimum atomic E-state index is -2.00. The average molecular weight is 284 g/mol. The molecule has 8 N–H and O–H groups in total. The molecule has 0 rings (SSSR count). The van der Waals surface area contributed by atoms with Crippen molar-refractivity contribution in [2.75, 3.05) is 6.61 Å². The van der Waals surface area contributed by atoms with E-state index in [1.54, 1.807) is 13.8 Å². The van der Waals surface area contributed by atoms with Crippen LogP contribution in [0, 0.1) is 5.92 Å². The predicted octanol–water partition coefficient (Wildman–Crippen LogP) is -3.84. The molecule has 0 fully saturated rings. The number of aliphatic hydroxyl groups is 8. The van der Waals surface area contributed by atoms with Crippen LogP contribution in [0.1, 0.15) is 13.8 Å². The molecule has 0 aliphatic rings. The quantitative estimate of drug-likeness (QED) is 0.225. The topological polar surface area (TPSA) is 162 Å². The van der Waals surface area contributed by atoms with Gasteiger partial charge in [-0.3, -0.25) is 0 Å². The second-order valence-electron chi connectivity index (χ2n) is 4.94. The van der Waals surface area contributed by atoms with Gasteiger partial charge in [-0.05, 0) is 5.92 Å². The van der Waals surface area contributed by atoms with Crippen molar-refractivity contribution in [2.24, 2.45) is 5.92 Å². The first-order valence-corrected chi connectivity index (χ1v) is 6.02. The fourth-order valence-electron chi connectivity index (χ4n) is 1.54. The van der Waals surface area contributed by atoms with Crippen molar-refractivity contribution in [2.45, 2.75) is 56.6 Å². The summed E-state index contributed by atoms with van der Waals surface area (Å²) in [5.74, 6) is -0.401. The highest BCUT2D eigenvalue weighted by Crippen LogP contribution is 2.16. The Bertz CT molecular complexity index is 249. The molecule has 0 radical (unpaired) electrons. The molecule has 0 saturated heterocycles. The summed E-state index contributed by atoms with van der Waals surface area (Å²) in [5, 5.41) is 74.9. The molecule has 116 valence electrons. The molecule has 0 aliphatic carbocycles. The fourth-order valence-corrected chi connectivity index (χ4v) is 1.54. The Hall–Kier alpha value is -0.320. The molecule has 8 heteroatoms. The van der Waals surface area contributed by atoms with E-state index in [-0.39, 0.29) is 0 Å². The van der Waals surface area contributed by atoms with E-state index in [1.165, 1.54) is 0 Å². The predicted molar refractivity (Wildman–Crippen MR) is 64.0 cm³/mol. The molecular formula is C11H24O8. The van der Waals surface area contributed by atoms with E-state index in [2.05, 4.69) is 0 Å². The monoisotopic (exact) mass is 284 g/mol. The van der Waals surface area contributed by atoms with Crippen LogP contribution in [0.15, 0.2) is 0 Å². The van der Waals surface area contributed by atoms with Gasteiger partial charge in [0.1, 0.15) is 36.6 Å². The Morgan fingerprint density at radius 3 is 1.21 bits per heavy atom. The molecule has 0 heterocycles. The van der Waals surface area contributed by atoms with E-state index in [9.17, 15) is 30.6 Å². The molecule has 7 atom stereocenters. The first-order valence-electron chi connectivity index (χ1n) is 6.02. The van der Waals surface area contributed by atoms with E-state index >= 15 is 0 Å². The van der Waals surface area contributed by atoms with Gasteiger partial charge in [-0.2, -0.15) is 0 Å².